The van der Waals surface area contributed by atoms with Crippen molar-refractivity contribution in [3.05, 3.63) is 53.9 Å². The van der Waals surface area contributed by atoms with Crippen LogP contribution in [0, 0.1) is 0 Å². The van der Waals surface area contributed by atoms with E-state index < -0.39 is 10.0 Å². The molecule has 1 aromatic heterocycles. The van der Waals surface area contributed by atoms with Gasteiger partial charge >= 0.3 is 0 Å². The lowest BCUT2D eigenvalue weighted by molar-refractivity contribution is 0.0980. The fraction of sp³-hybridized carbons (Fsp3) is 0.368. The first-order chi connectivity index (χ1) is 12.5. The summed E-state index contributed by atoms with van der Waals surface area (Å²) < 4.78 is 26.9. The summed E-state index contributed by atoms with van der Waals surface area (Å²) in [5.74, 6) is -0.161. The Morgan fingerprint density at radius 3 is 2.62 bits per heavy atom. The molecule has 6 nitrogen and oxygen atoms in total. The van der Waals surface area contributed by atoms with Crippen LogP contribution >= 0.6 is 0 Å². The molecular formula is C19H23N3O3S. The van der Waals surface area contributed by atoms with Gasteiger partial charge in [-0.25, -0.2) is 8.42 Å². The summed E-state index contributed by atoms with van der Waals surface area (Å²) in [6.45, 7) is 5.12. The molecule has 26 heavy (non-hydrogen) atoms. The van der Waals surface area contributed by atoms with Crippen molar-refractivity contribution in [1.29, 1.82) is 0 Å². The number of sulfonamides is 1. The Labute approximate surface area is 154 Å². The second-order valence-corrected chi connectivity index (χ2v) is 8.09. The van der Waals surface area contributed by atoms with Crippen molar-refractivity contribution >= 4 is 21.6 Å². The molecule has 2 aromatic rings. The maximum absolute atomic E-state index is 12.8. The molecular weight excluding hydrogens is 350 g/mol. The van der Waals surface area contributed by atoms with Gasteiger partial charge in [0.2, 0.25) is 10.0 Å². The third-order valence-corrected chi connectivity index (χ3v) is 6.69. The van der Waals surface area contributed by atoms with Crippen molar-refractivity contribution in [3.8, 4) is 0 Å². The highest BCUT2D eigenvalue weighted by molar-refractivity contribution is 7.89. The Balaban J connectivity index is 1.97. The highest BCUT2D eigenvalue weighted by atomic mass is 32.2. The van der Waals surface area contributed by atoms with Gasteiger partial charge in [-0.15, -0.1) is 0 Å². The minimum Gasteiger partial charge on any atom is -0.307 e. The van der Waals surface area contributed by atoms with Gasteiger partial charge in [-0.3, -0.25) is 9.78 Å². The summed E-state index contributed by atoms with van der Waals surface area (Å²) in [4.78, 5) is 18.9. The normalized spacial score (nSPS) is 14.3. The van der Waals surface area contributed by atoms with Crippen LogP contribution in [-0.4, -0.2) is 43.2 Å². The van der Waals surface area contributed by atoms with Crippen molar-refractivity contribution in [2.24, 2.45) is 0 Å². The Bertz CT molecular complexity index is 894. The Hall–Kier alpha value is -2.25. The smallest absolute Gasteiger partial charge is 0.276 e. The van der Waals surface area contributed by atoms with E-state index in [1.54, 1.807) is 47.5 Å². The van der Waals surface area contributed by atoms with Gasteiger partial charge < -0.3 is 4.90 Å². The maximum Gasteiger partial charge on any atom is 0.276 e. The van der Waals surface area contributed by atoms with E-state index in [1.807, 2.05) is 13.8 Å². The molecule has 0 spiro atoms. The van der Waals surface area contributed by atoms with Gasteiger partial charge in [-0.1, -0.05) is 19.9 Å². The van der Waals surface area contributed by atoms with Crippen LogP contribution in [0.2, 0.25) is 0 Å². The van der Waals surface area contributed by atoms with Crippen molar-refractivity contribution in [2.75, 3.05) is 24.5 Å². The number of anilines is 1. The molecule has 0 fully saturated rings. The fourth-order valence-electron chi connectivity index (χ4n) is 3.29. The van der Waals surface area contributed by atoms with E-state index in [-0.39, 0.29) is 10.8 Å². The molecule has 1 aliphatic rings. The number of amides is 1. The van der Waals surface area contributed by atoms with Crippen LogP contribution in [0.25, 0.3) is 0 Å². The summed E-state index contributed by atoms with van der Waals surface area (Å²) >= 11 is 0. The number of hydrogen-bond acceptors (Lipinski definition) is 4. The van der Waals surface area contributed by atoms with Crippen molar-refractivity contribution in [1.82, 2.24) is 9.29 Å². The average molecular weight is 373 g/mol. The van der Waals surface area contributed by atoms with Crippen molar-refractivity contribution < 1.29 is 13.2 Å². The van der Waals surface area contributed by atoms with Gasteiger partial charge in [-0.05, 0) is 48.7 Å². The molecule has 0 radical (unpaired) electrons. The lowest BCUT2D eigenvalue weighted by Crippen LogP contribution is -2.36. The second-order valence-electron chi connectivity index (χ2n) is 6.16. The number of rotatable bonds is 5. The first kappa shape index (κ1) is 18.5. The monoisotopic (exact) mass is 373 g/mol. The van der Waals surface area contributed by atoms with Crippen LogP contribution in [0.15, 0.2) is 47.5 Å². The van der Waals surface area contributed by atoms with Gasteiger partial charge in [-0.2, -0.15) is 4.31 Å². The Kier molecular flexibility index (Phi) is 5.38. The topological polar surface area (TPSA) is 70.6 Å². The van der Waals surface area contributed by atoms with Crippen LogP contribution in [0.4, 0.5) is 5.69 Å². The lowest BCUT2D eigenvalue weighted by atomic mass is 10.0. The SMILES string of the molecule is CCN(CC)S(=O)(=O)c1ccc2c(c1)CCCN2C(=O)c1ccccn1. The van der Waals surface area contributed by atoms with Gasteiger partial charge in [0, 0.05) is 31.5 Å². The van der Waals surface area contributed by atoms with Gasteiger partial charge in [0.05, 0.1) is 4.90 Å². The van der Waals surface area contributed by atoms with Crippen LogP contribution in [-0.2, 0) is 16.4 Å². The lowest BCUT2D eigenvalue weighted by Gasteiger charge is -2.30. The zero-order valence-corrected chi connectivity index (χ0v) is 15.9. The van der Waals surface area contributed by atoms with Crippen LogP contribution in [0.5, 0.6) is 0 Å². The molecule has 1 aromatic carbocycles. The number of carbonyl (C=O) groups excluding carboxylic acids is 1. The van der Waals surface area contributed by atoms with E-state index in [9.17, 15) is 13.2 Å². The minimum atomic E-state index is -3.51. The fourth-order valence-corrected chi connectivity index (χ4v) is 4.79. The number of aryl methyl sites for hydroxylation is 1. The number of fused-ring (bicyclic) bond motifs is 1. The van der Waals surface area contributed by atoms with Crippen LogP contribution in [0.3, 0.4) is 0 Å². The van der Waals surface area contributed by atoms with Crippen molar-refractivity contribution in [2.45, 2.75) is 31.6 Å². The number of benzene rings is 1. The van der Waals surface area contributed by atoms with Crippen LogP contribution < -0.4 is 4.90 Å². The zero-order valence-electron chi connectivity index (χ0n) is 15.1. The quantitative estimate of drug-likeness (QED) is 0.808. The number of nitrogens with zero attached hydrogens (tertiary/aromatic N) is 3. The molecule has 1 amide bonds. The van der Waals surface area contributed by atoms with Crippen molar-refractivity contribution in [3.63, 3.8) is 0 Å². The summed E-state index contributed by atoms with van der Waals surface area (Å²) in [6.07, 6.45) is 3.14. The molecule has 0 saturated carbocycles. The van der Waals surface area contributed by atoms with E-state index in [1.165, 1.54) is 4.31 Å². The molecule has 0 atom stereocenters. The Morgan fingerprint density at radius 1 is 1.19 bits per heavy atom. The summed E-state index contributed by atoms with van der Waals surface area (Å²) in [5.41, 5.74) is 2.04. The van der Waals surface area contributed by atoms with Gasteiger partial charge in [0.15, 0.2) is 0 Å². The summed E-state index contributed by atoms with van der Waals surface area (Å²) in [7, 11) is -3.51. The minimum absolute atomic E-state index is 0.161. The molecule has 0 aliphatic carbocycles. The highest BCUT2D eigenvalue weighted by Crippen LogP contribution is 2.31. The third-order valence-electron chi connectivity index (χ3n) is 4.64. The van der Waals surface area contributed by atoms with Gasteiger partial charge in [0.25, 0.3) is 5.91 Å². The second kappa shape index (κ2) is 7.55. The average Bonchev–Trinajstić information content (AvgIpc) is 2.68. The number of aromatic nitrogens is 1. The van der Waals surface area contributed by atoms with E-state index >= 15 is 0 Å². The molecule has 7 heteroatoms. The zero-order chi connectivity index (χ0) is 18.7. The first-order valence-electron chi connectivity index (χ1n) is 8.85. The number of pyridine rings is 1. The molecule has 0 bridgehead atoms. The number of carbonyl (C=O) groups is 1. The third kappa shape index (κ3) is 3.37. The molecule has 1 aliphatic heterocycles. The molecule has 2 heterocycles. The molecule has 3 rings (SSSR count). The van der Waals surface area contributed by atoms with E-state index in [0.717, 1.165) is 24.1 Å². The molecule has 0 N–H and O–H groups in total. The van der Waals surface area contributed by atoms with Gasteiger partial charge in [0.1, 0.15) is 5.69 Å². The number of hydrogen-bond donors (Lipinski definition) is 0. The summed E-state index contributed by atoms with van der Waals surface area (Å²) in [6, 6.07) is 10.3. The molecule has 0 saturated heterocycles. The highest BCUT2D eigenvalue weighted by Gasteiger charge is 2.27. The van der Waals surface area contributed by atoms with E-state index in [2.05, 4.69) is 4.98 Å². The molecule has 0 unspecified atom stereocenters. The first-order valence-corrected chi connectivity index (χ1v) is 10.3. The predicted molar refractivity (Wildman–Crippen MR) is 101 cm³/mol. The molecule has 138 valence electrons. The van der Waals surface area contributed by atoms with Crippen LogP contribution in [0.1, 0.15) is 36.3 Å². The summed E-state index contributed by atoms with van der Waals surface area (Å²) in [5, 5.41) is 0. The maximum atomic E-state index is 12.8. The van der Waals surface area contributed by atoms with E-state index in [4.69, 9.17) is 0 Å². The largest absolute Gasteiger partial charge is 0.307 e. The Morgan fingerprint density at radius 2 is 1.96 bits per heavy atom. The predicted octanol–water partition coefficient (Wildman–Crippen LogP) is 2.71. The standard InChI is InChI=1S/C19H23N3O3S/c1-3-21(4-2)26(24,25)16-10-11-18-15(14-16)8-7-13-22(18)19(23)17-9-5-6-12-20-17/h5-6,9-12,14H,3-4,7-8,13H2,1-2H3. The van der Waals surface area contributed by atoms with E-state index in [0.29, 0.717) is 25.3 Å².